The number of benzene rings is 1. The number of hydrogen-bond acceptors (Lipinski definition) is 3. The van der Waals surface area contributed by atoms with Gasteiger partial charge in [0, 0.05) is 12.0 Å². The fourth-order valence-electron chi connectivity index (χ4n) is 2.92. The number of alkyl halides is 1. The van der Waals surface area contributed by atoms with Crippen LogP contribution in [-0.2, 0) is 10.2 Å². The van der Waals surface area contributed by atoms with Crippen molar-refractivity contribution in [1.82, 2.24) is 10.2 Å². The van der Waals surface area contributed by atoms with Crippen LogP contribution in [-0.4, -0.2) is 41.8 Å². The van der Waals surface area contributed by atoms with Crippen LogP contribution in [0.1, 0.15) is 25.3 Å². The topological polar surface area (TPSA) is 41.6 Å². The fraction of sp³-hybridized carbons (Fsp3) is 0.562. The second-order valence-electron chi connectivity index (χ2n) is 5.72. The van der Waals surface area contributed by atoms with Gasteiger partial charge in [0.1, 0.15) is 0 Å². The number of carbonyl (C=O) groups is 1. The van der Waals surface area contributed by atoms with Crippen molar-refractivity contribution in [1.29, 1.82) is 0 Å². The van der Waals surface area contributed by atoms with E-state index in [1.807, 2.05) is 18.2 Å². The second kappa shape index (κ2) is 8.74. The Balaban J connectivity index is 2.20. The Kier molecular flexibility index (Phi) is 7.25. The average Bonchev–Trinajstić information content (AvgIpc) is 2.56. The lowest BCUT2D eigenvalue weighted by atomic mass is 9.72. The van der Waals surface area contributed by atoms with Gasteiger partial charge in [-0.15, -0.1) is 0 Å². The molecule has 7 heteroatoms. The summed E-state index contributed by atoms with van der Waals surface area (Å²) in [6.45, 7) is 4.70. The van der Waals surface area contributed by atoms with Gasteiger partial charge in [0.2, 0.25) is 0 Å². The van der Waals surface area contributed by atoms with Crippen molar-refractivity contribution in [3.8, 4) is 0 Å². The summed E-state index contributed by atoms with van der Waals surface area (Å²) in [5, 5.41) is 4.00. The molecule has 23 heavy (non-hydrogen) atoms. The second-order valence-corrected chi connectivity index (χ2v) is 7.22. The third-order valence-corrected chi connectivity index (χ3v) is 6.06. The van der Waals surface area contributed by atoms with Gasteiger partial charge >= 0.3 is 6.09 Å². The normalized spacial score (nSPS) is 17.7. The Bertz CT molecular complexity index is 549. The van der Waals surface area contributed by atoms with Crippen LogP contribution in [0.2, 0.25) is 10.0 Å². The third-order valence-electron chi connectivity index (χ3n) is 4.36. The van der Waals surface area contributed by atoms with Gasteiger partial charge in [0.05, 0.1) is 21.2 Å². The number of alkyl carbamates (subject to hydrolysis) is 1. The van der Waals surface area contributed by atoms with E-state index in [0.29, 0.717) is 23.2 Å². The van der Waals surface area contributed by atoms with Crippen molar-refractivity contribution in [3.05, 3.63) is 33.8 Å². The summed E-state index contributed by atoms with van der Waals surface area (Å²) in [6.07, 6.45) is 1.55. The van der Waals surface area contributed by atoms with E-state index in [-0.39, 0.29) is 11.5 Å². The fourth-order valence-corrected chi connectivity index (χ4v) is 3.90. The molecule has 0 spiro atoms. The number of nitrogens with one attached hydrogen (secondary N) is 1. The minimum Gasteiger partial charge on any atom is -0.450 e. The third kappa shape index (κ3) is 4.87. The number of hydrogen-bond donors (Lipinski definition) is 1. The van der Waals surface area contributed by atoms with Crippen molar-refractivity contribution in [3.63, 3.8) is 0 Å². The molecule has 1 fully saturated rings. The number of ether oxygens (including phenoxy) is 1. The van der Waals surface area contributed by atoms with E-state index in [4.69, 9.17) is 27.9 Å². The highest BCUT2D eigenvalue weighted by Crippen LogP contribution is 2.38. The first-order valence-electron chi connectivity index (χ1n) is 7.65. The molecule has 1 aliphatic heterocycles. The lowest BCUT2D eigenvalue weighted by Gasteiger charge is -2.42. The zero-order valence-corrected chi connectivity index (χ0v) is 16.7. The van der Waals surface area contributed by atoms with Crippen molar-refractivity contribution >= 4 is 51.9 Å². The zero-order valence-electron chi connectivity index (χ0n) is 13.1. The number of likely N-dealkylation sites (tertiary alicyclic amines) is 1. The molecule has 1 N–H and O–H groups in total. The predicted octanol–water partition coefficient (Wildman–Crippen LogP) is 4.47. The van der Waals surface area contributed by atoms with E-state index in [9.17, 15) is 4.79 Å². The molecule has 0 saturated carbocycles. The maximum absolute atomic E-state index is 11.7. The van der Waals surface area contributed by atoms with Crippen LogP contribution >= 0.6 is 45.8 Å². The number of halogens is 3. The van der Waals surface area contributed by atoms with Crippen LogP contribution in [0.5, 0.6) is 0 Å². The number of amides is 1. The standard InChI is InChI=1S/C16H21Cl2IN2O2/c1-2-23-15(22)20-10-16(5-7-21(11-19)8-6-16)12-3-4-13(17)14(18)9-12/h3-4,9H,2,5-8,10-11H2,1H3,(H,20,22). The maximum atomic E-state index is 11.7. The van der Waals surface area contributed by atoms with E-state index in [0.717, 1.165) is 36.0 Å². The highest BCUT2D eigenvalue weighted by Gasteiger charge is 2.36. The molecule has 0 bridgehead atoms. The maximum Gasteiger partial charge on any atom is 0.407 e. The average molecular weight is 471 g/mol. The quantitative estimate of drug-likeness (QED) is 0.392. The summed E-state index contributed by atoms with van der Waals surface area (Å²) in [5.74, 6) is 0. The molecule has 1 aromatic rings. The molecule has 1 heterocycles. The Morgan fingerprint density at radius 3 is 2.61 bits per heavy atom. The van der Waals surface area contributed by atoms with Crippen molar-refractivity contribution < 1.29 is 9.53 Å². The molecule has 4 nitrogen and oxygen atoms in total. The van der Waals surface area contributed by atoms with Crippen LogP contribution in [0.25, 0.3) is 0 Å². The first-order valence-corrected chi connectivity index (χ1v) is 9.93. The molecule has 2 rings (SSSR count). The zero-order chi connectivity index (χ0) is 16.9. The largest absolute Gasteiger partial charge is 0.450 e. The predicted molar refractivity (Wildman–Crippen MR) is 103 cm³/mol. The molecule has 1 aromatic carbocycles. The Hall–Kier alpha value is -0.240. The molecule has 128 valence electrons. The first-order chi connectivity index (χ1) is 11.0. The molecule has 1 amide bonds. The summed E-state index contributed by atoms with van der Waals surface area (Å²) in [5.41, 5.74) is 0.986. The van der Waals surface area contributed by atoms with Crippen molar-refractivity contribution in [2.75, 3.05) is 30.8 Å². The summed E-state index contributed by atoms with van der Waals surface area (Å²) in [7, 11) is 0. The summed E-state index contributed by atoms with van der Waals surface area (Å²) in [4.78, 5) is 14.1. The van der Waals surface area contributed by atoms with Gasteiger partial charge in [-0.05, 0) is 50.6 Å². The molecular formula is C16H21Cl2IN2O2. The van der Waals surface area contributed by atoms with Gasteiger partial charge in [-0.25, -0.2) is 4.79 Å². The molecule has 1 aliphatic rings. The Morgan fingerprint density at radius 2 is 2.04 bits per heavy atom. The van der Waals surface area contributed by atoms with E-state index in [1.165, 1.54) is 0 Å². The molecular weight excluding hydrogens is 450 g/mol. The molecule has 0 atom stereocenters. The summed E-state index contributed by atoms with van der Waals surface area (Å²) in [6, 6.07) is 5.77. The van der Waals surface area contributed by atoms with Crippen molar-refractivity contribution in [2.45, 2.75) is 25.2 Å². The van der Waals surface area contributed by atoms with E-state index in [1.54, 1.807) is 6.92 Å². The van der Waals surface area contributed by atoms with Gasteiger partial charge in [0.15, 0.2) is 0 Å². The molecule has 1 saturated heterocycles. The molecule has 0 radical (unpaired) electrons. The van der Waals surface area contributed by atoms with Crippen LogP contribution in [0.3, 0.4) is 0 Å². The van der Waals surface area contributed by atoms with Crippen LogP contribution < -0.4 is 5.32 Å². The number of nitrogens with zero attached hydrogens (tertiary/aromatic N) is 1. The van der Waals surface area contributed by atoms with E-state index in [2.05, 4.69) is 32.8 Å². The van der Waals surface area contributed by atoms with Crippen LogP contribution in [0.15, 0.2) is 18.2 Å². The van der Waals surface area contributed by atoms with Crippen molar-refractivity contribution in [2.24, 2.45) is 0 Å². The lowest BCUT2D eigenvalue weighted by molar-refractivity contribution is 0.140. The monoisotopic (exact) mass is 470 g/mol. The molecule has 0 aromatic heterocycles. The van der Waals surface area contributed by atoms with Crippen LogP contribution in [0.4, 0.5) is 4.79 Å². The summed E-state index contributed by atoms with van der Waals surface area (Å²) >= 11 is 14.6. The minimum atomic E-state index is -0.372. The number of piperidine rings is 1. The Labute approximate surface area is 161 Å². The SMILES string of the molecule is CCOC(=O)NCC1(c2ccc(Cl)c(Cl)c2)CCN(CI)CC1. The smallest absolute Gasteiger partial charge is 0.407 e. The number of rotatable bonds is 5. The highest BCUT2D eigenvalue weighted by molar-refractivity contribution is 14.1. The van der Waals surface area contributed by atoms with Gasteiger partial charge in [0.25, 0.3) is 0 Å². The highest BCUT2D eigenvalue weighted by atomic mass is 127. The minimum absolute atomic E-state index is 0.136. The van der Waals surface area contributed by atoms with E-state index >= 15 is 0 Å². The first kappa shape index (κ1) is 19.1. The number of carbonyl (C=O) groups excluding carboxylic acids is 1. The van der Waals surface area contributed by atoms with E-state index < -0.39 is 0 Å². The molecule has 0 aliphatic carbocycles. The van der Waals surface area contributed by atoms with Gasteiger partial charge in [-0.2, -0.15) is 0 Å². The van der Waals surface area contributed by atoms with Gasteiger partial charge in [-0.1, -0.05) is 51.9 Å². The Morgan fingerprint density at radius 1 is 1.35 bits per heavy atom. The molecule has 0 unspecified atom stereocenters. The lowest BCUT2D eigenvalue weighted by Crippen LogP contribution is -2.48. The van der Waals surface area contributed by atoms with Gasteiger partial charge < -0.3 is 10.1 Å². The summed E-state index contributed by atoms with van der Waals surface area (Å²) < 4.78 is 6.00. The van der Waals surface area contributed by atoms with Crippen LogP contribution in [0, 0.1) is 0 Å². The van der Waals surface area contributed by atoms with Gasteiger partial charge in [-0.3, -0.25) is 4.90 Å².